The van der Waals surface area contributed by atoms with Crippen molar-refractivity contribution in [1.29, 1.82) is 0 Å². The first-order valence-electron chi connectivity index (χ1n) is 8.74. The second-order valence-electron chi connectivity index (χ2n) is 6.32. The first-order chi connectivity index (χ1) is 10.2. The van der Waals surface area contributed by atoms with Crippen LogP contribution in [-0.2, 0) is 9.47 Å². The number of hydrogen-bond acceptors (Lipinski definition) is 4. The van der Waals surface area contributed by atoms with Crippen molar-refractivity contribution >= 4 is 0 Å². The first kappa shape index (κ1) is 18.9. The zero-order chi connectivity index (χ0) is 15.6. The van der Waals surface area contributed by atoms with E-state index >= 15 is 0 Å². The summed E-state index contributed by atoms with van der Waals surface area (Å²) in [5.74, 6) is 0.911. The summed E-state index contributed by atoms with van der Waals surface area (Å²) in [6, 6.07) is 0. The molecule has 0 atom stereocenters. The van der Waals surface area contributed by atoms with Crippen LogP contribution in [0.3, 0.4) is 0 Å². The summed E-state index contributed by atoms with van der Waals surface area (Å²) < 4.78 is 10.8. The Kier molecular flexibility index (Phi) is 9.49. The zero-order valence-electron chi connectivity index (χ0n) is 14.4. The Hall–Kier alpha value is -0.160. The van der Waals surface area contributed by atoms with Crippen molar-refractivity contribution in [2.24, 2.45) is 11.7 Å². The van der Waals surface area contributed by atoms with Gasteiger partial charge in [0.1, 0.15) is 0 Å². The number of nitrogens with two attached hydrogens (primary N) is 1. The van der Waals surface area contributed by atoms with Crippen molar-refractivity contribution < 1.29 is 9.47 Å². The number of ether oxygens (including phenoxy) is 2. The molecule has 21 heavy (non-hydrogen) atoms. The maximum Gasteiger partial charge on any atom is 0.0593 e. The highest BCUT2D eigenvalue weighted by atomic mass is 16.5. The molecule has 0 heterocycles. The van der Waals surface area contributed by atoms with Gasteiger partial charge in [-0.05, 0) is 44.6 Å². The van der Waals surface area contributed by atoms with Crippen LogP contribution in [0.25, 0.3) is 0 Å². The smallest absolute Gasteiger partial charge is 0.0593 e. The molecule has 0 aromatic carbocycles. The molecule has 0 bridgehead atoms. The third-order valence-corrected chi connectivity index (χ3v) is 5.19. The Bertz CT molecular complexity index is 253. The quantitative estimate of drug-likeness (QED) is 0.596. The second kappa shape index (κ2) is 10.5. The Morgan fingerprint density at radius 2 is 1.86 bits per heavy atom. The SMILES string of the molecule is CCC1CCC(CN)(N(CC)CCOCCCOC)CC1. The normalized spacial score (nSPS) is 26.4. The predicted octanol–water partition coefficient (Wildman–Crippen LogP) is 2.66. The van der Waals surface area contributed by atoms with Gasteiger partial charge in [0.25, 0.3) is 0 Å². The van der Waals surface area contributed by atoms with Gasteiger partial charge >= 0.3 is 0 Å². The van der Waals surface area contributed by atoms with Crippen molar-refractivity contribution in [3.8, 4) is 0 Å². The summed E-state index contributed by atoms with van der Waals surface area (Å²) in [5.41, 5.74) is 6.39. The summed E-state index contributed by atoms with van der Waals surface area (Å²) in [5, 5.41) is 0. The molecule has 0 aromatic heterocycles. The maximum atomic E-state index is 6.17. The Balaban J connectivity index is 2.37. The lowest BCUT2D eigenvalue weighted by Crippen LogP contribution is -2.56. The molecule has 126 valence electrons. The van der Waals surface area contributed by atoms with Gasteiger partial charge in [-0.15, -0.1) is 0 Å². The van der Waals surface area contributed by atoms with Gasteiger partial charge in [0.15, 0.2) is 0 Å². The molecule has 2 N–H and O–H groups in total. The molecule has 0 aliphatic heterocycles. The fraction of sp³-hybridized carbons (Fsp3) is 1.00. The highest BCUT2D eigenvalue weighted by Gasteiger charge is 2.37. The van der Waals surface area contributed by atoms with E-state index in [9.17, 15) is 0 Å². The van der Waals surface area contributed by atoms with Crippen LogP contribution in [0.2, 0.25) is 0 Å². The standard InChI is InChI=1S/C17H36N2O2/c1-4-16-7-9-17(15-18,10-8-16)19(5-2)11-14-21-13-6-12-20-3/h16H,4-15,18H2,1-3H3. The van der Waals surface area contributed by atoms with Crippen LogP contribution >= 0.6 is 0 Å². The van der Waals surface area contributed by atoms with Crippen molar-refractivity contribution in [2.75, 3.05) is 46.6 Å². The molecular formula is C17H36N2O2. The van der Waals surface area contributed by atoms with E-state index < -0.39 is 0 Å². The van der Waals surface area contributed by atoms with Gasteiger partial charge in [0.2, 0.25) is 0 Å². The van der Waals surface area contributed by atoms with E-state index in [0.717, 1.165) is 51.8 Å². The molecule has 4 nitrogen and oxygen atoms in total. The lowest BCUT2D eigenvalue weighted by molar-refractivity contribution is 0.0143. The molecule has 0 aromatic rings. The van der Waals surface area contributed by atoms with Gasteiger partial charge in [-0.1, -0.05) is 20.3 Å². The topological polar surface area (TPSA) is 47.7 Å². The van der Waals surface area contributed by atoms with Gasteiger partial charge in [-0.2, -0.15) is 0 Å². The molecule has 1 aliphatic rings. The molecule has 1 saturated carbocycles. The van der Waals surface area contributed by atoms with Crippen molar-refractivity contribution in [2.45, 2.75) is 57.9 Å². The summed E-state index contributed by atoms with van der Waals surface area (Å²) >= 11 is 0. The average Bonchev–Trinajstić information content (AvgIpc) is 2.54. The average molecular weight is 300 g/mol. The monoisotopic (exact) mass is 300 g/mol. The Labute approximate surface area is 131 Å². The number of rotatable bonds is 11. The van der Waals surface area contributed by atoms with Crippen molar-refractivity contribution in [1.82, 2.24) is 4.90 Å². The lowest BCUT2D eigenvalue weighted by atomic mass is 9.74. The number of likely N-dealkylation sites (N-methyl/N-ethyl adjacent to an activating group) is 1. The number of methoxy groups -OCH3 is 1. The fourth-order valence-corrected chi connectivity index (χ4v) is 3.59. The minimum absolute atomic E-state index is 0.219. The molecule has 1 rings (SSSR count). The molecule has 0 radical (unpaired) electrons. The van der Waals surface area contributed by atoms with Crippen molar-refractivity contribution in [3.05, 3.63) is 0 Å². The molecule has 1 fully saturated rings. The predicted molar refractivity (Wildman–Crippen MR) is 88.6 cm³/mol. The minimum Gasteiger partial charge on any atom is -0.385 e. The molecule has 0 amide bonds. The second-order valence-corrected chi connectivity index (χ2v) is 6.32. The molecular weight excluding hydrogens is 264 g/mol. The van der Waals surface area contributed by atoms with Gasteiger partial charge in [0.05, 0.1) is 6.61 Å². The van der Waals surface area contributed by atoms with Crippen molar-refractivity contribution in [3.63, 3.8) is 0 Å². The van der Waals surface area contributed by atoms with Crippen LogP contribution in [0.15, 0.2) is 0 Å². The van der Waals surface area contributed by atoms with Crippen LogP contribution < -0.4 is 5.73 Å². The Morgan fingerprint density at radius 1 is 1.14 bits per heavy atom. The third-order valence-electron chi connectivity index (χ3n) is 5.19. The van der Waals surface area contributed by atoms with Gasteiger partial charge in [-0.25, -0.2) is 0 Å². The third kappa shape index (κ3) is 5.85. The largest absolute Gasteiger partial charge is 0.385 e. The van der Waals surface area contributed by atoms with E-state index in [4.69, 9.17) is 15.2 Å². The van der Waals surface area contributed by atoms with Crippen LogP contribution in [0.1, 0.15) is 52.4 Å². The van der Waals surface area contributed by atoms with Gasteiger partial charge < -0.3 is 15.2 Å². The highest BCUT2D eigenvalue weighted by Crippen LogP contribution is 2.37. The molecule has 0 spiro atoms. The summed E-state index contributed by atoms with van der Waals surface area (Å²) in [6.45, 7) is 9.77. The van der Waals surface area contributed by atoms with E-state index in [0.29, 0.717) is 0 Å². The van der Waals surface area contributed by atoms with Crippen LogP contribution in [0.4, 0.5) is 0 Å². The number of nitrogens with zero attached hydrogens (tertiary/aromatic N) is 1. The summed E-state index contributed by atoms with van der Waals surface area (Å²) in [4.78, 5) is 2.56. The van der Waals surface area contributed by atoms with E-state index in [2.05, 4.69) is 18.7 Å². The summed E-state index contributed by atoms with van der Waals surface area (Å²) in [6.07, 6.45) is 7.45. The van der Waals surface area contributed by atoms with E-state index in [1.165, 1.54) is 32.1 Å². The maximum absolute atomic E-state index is 6.17. The van der Waals surface area contributed by atoms with E-state index in [1.807, 2.05) is 0 Å². The lowest BCUT2D eigenvalue weighted by Gasteiger charge is -2.47. The van der Waals surface area contributed by atoms with Gasteiger partial charge in [0, 0.05) is 39.0 Å². The minimum atomic E-state index is 0.219. The summed E-state index contributed by atoms with van der Waals surface area (Å²) in [7, 11) is 1.73. The van der Waals surface area contributed by atoms with E-state index in [1.54, 1.807) is 7.11 Å². The molecule has 0 unspecified atom stereocenters. The van der Waals surface area contributed by atoms with Crippen LogP contribution in [0, 0.1) is 5.92 Å². The molecule has 1 aliphatic carbocycles. The fourth-order valence-electron chi connectivity index (χ4n) is 3.59. The van der Waals surface area contributed by atoms with E-state index in [-0.39, 0.29) is 5.54 Å². The first-order valence-corrected chi connectivity index (χ1v) is 8.74. The zero-order valence-corrected chi connectivity index (χ0v) is 14.4. The molecule has 4 heteroatoms. The van der Waals surface area contributed by atoms with Gasteiger partial charge in [-0.3, -0.25) is 4.90 Å². The van der Waals surface area contributed by atoms with Crippen LogP contribution in [0.5, 0.6) is 0 Å². The Morgan fingerprint density at radius 3 is 2.38 bits per heavy atom. The molecule has 0 saturated heterocycles. The highest BCUT2D eigenvalue weighted by molar-refractivity contribution is 4.95. The number of hydrogen-bond donors (Lipinski definition) is 1. The van der Waals surface area contributed by atoms with Crippen LogP contribution in [-0.4, -0.2) is 57.0 Å².